The molecule has 2 aromatic carbocycles. The van der Waals surface area contributed by atoms with Gasteiger partial charge < -0.3 is 10.1 Å². The predicted molar refractivity (Wildman–Crippen MR) is 76.4 cm³/mol. The molecule has 0 saturated heterocycles. The SMILES string of the molecule is CNc1cccc(F)c1COc1cc(C)ccc1C(F)F. The van der Waals surface area contributed by atoms with Crippen molar-refractivity contribution in [2.75, 3.05) is 12.4 Å². The number of rotatable bonds is 5. The molecule has 2 rings (SSSR count). The number of halogens is 3. The number of hydrogen-bond acceptors (Lipinski definition) is 2. The minimum absolute atomic E-state index is 0.0790. The van der Waals surface area contributed by atoms with Crippen molar-refractivity contribution in [1.82, 2.24) is 0 Å². The normalized spacial score (nSPS) is 10.8. The summed E-state index contributed by atoms with van der Waals surface area (Å²) in [5.41, 5.74) is 1.49. The Morgan fingerprint density at radius 1 is 1.19 bits per heavy atom. The van der Waals surface area contributed by atoms with Crippen LogP contribution in [-0.2, 0) is 6.61 Å². The fourth-order valence-corrected chi connectivity index (χ4v) is 2.04. The van der Waals surface area contributed by atoms with E-state index in [9.17, 15) is 13.2 Å². The molecule has 0 fully saturated rings. The van der Waals surface area contributed by atoms with Crippen molar-refractivity contribution < 1.29 is 17.9 Å². The van der Waals surface area contributed by atoms with Gasteiger partial charge in [-0.2, -0.15) is 0 Å². The number of alkyl halides is 2. The van der Waals surface area contributed by atoms with Gasteiger partial charge in [0.25, 0.3) is 6.43 Å². The summed E-state index contributed by atoms with van der Waals surface area (Å²) in [6, 6.07) is 9.03. The molecule has 0 aliphatic carbocycles. The van der Waals surface area contributed by atoms with Crippen LogP contribution in [0.4, 0.5) is 18.9 Å². The minimum atomic E-state index is -2.63. The van der Waals surface area contributed by atoms with Crippen LogP contribution in [0.5, 0.6) is 5.75 Å². The summed E-state index contributed by atoms with van der Waals surface area (Å²) in [5.74, 6) is -0.358. The molecule has 2 aromatic rings. The first kappa shape index (κ1) is 15.2. The van der Waals surface area contributed by atoms with Crippen LogP contribution >= 0.6 is 0 Å². The lowest BCUT2D eigenvalue weighted by molar-refractivity contribution is 0.144. The molecule has 0 saturated carbocycles. The van der Waals surface area contributed by atoms with Gasteiger partial charge in [-0.3, -0.25) is 0 Å². The summed E-state index contributed by atoms with van der Waals surface area (Å²) in [4.78, 5) is 0. The minimum Gasteiger partial charge on any atom is -0.488 e. The molecule has 0 spiro atoms. The lowest BCUT2D eigenvalue weighted by Gasteiger charge is -2.14. The zero-order valence-corrected chi connectivity index (χ0v) is 11.8. The van der Waals surface area contributed by atoms with Gasteiger partial charge >= 0.3 is 0 Å². The Balaban J connectivity index is 2.26. The van der Waals surface area contributed by atoms with Crippen LogP contribution in [0.1, 0.15) is 23.1 Å². The standard InChI is InChI=1S/C16H16F3NO/c1-10-6-7-11(16(18)19)15(8-10)21-9-12-13(17)4-3-5-14(12)20-2/h3-8,16,20H,9H2,1-2H3. The molecule has 0 aromatic heterocycles. The summed E-state index contributed by atoms with van der Waals surface area (Å²) in [7, 11) is 1.66. The Morgan fingerprint density at radius 3 is 2.62 bits per heavy atom. The summed E-state index contributed by atoms with van der Waals surface area (Å²) in [5, 5.41) is 2.85. The molecule has 0 aliphatic rings. The van der Waals surface area contributed by atoms with E-state index >= 15 is 0 Å². The molecular formula is C16H16F3NO. The first-order chi connectivity index (χ1) is 10.0. The summed E-state index contributed by atoms with van der Waals surface area (Å²) >= 11 is 0. The van der Waals surface area contributed by atoms with E-state index in [0.717, 1.165) is 5.56 Å². The van der Waals surface area contributed by atoms with Gasteiger partial charge in [0, 0.05) is 18.3 Å². The maximum atomic E-state index is 13.8. The molecule has 0 radical (unpaired) electrons. The first-order valence-electron chi connectivity index (χ1n) is 6.49. The topological polar surface area (TPSA) is 21.3 Å². The van der Waals surface area contributed by atoms with Gasteiger partial charge in [0.1, 0.15) is 18.2 Å². The molecule has 0 atom stereocenters. The fourth-order valence-electron chi connectivity index (χ4n) is 2.04. The van der Waals surface area contributed by atoms with Gasteiger partial charge in [-0.05, 0) is 36.8 Å². The van der Waals surface area contributed by atoms with Gasteiger partial charge in [-0.1, -0.05) is 12.1 Å². The number of aryl methyl sites for hydroxylation is 1. The Kier molecular flexibility index (Phi) is 4.73. The highest BCUT2D eigenvalue weighted by atomic mass is 19.3. The van der Waals surface area contributed by atoms with E-state index in [-0.39, 0.29) is 17.9 Å². The van der Waals surface area contributed by atoms with Crippen molar-refractivity contribution in [2.24, 2.45) is 0 Å². The second-order valence-electron chi connectivity index (χ2n) is 4.65. The molecular weight excluding hydrogens is 279 g/mol. The van der Waals surface area contributed by atoms with Crippen molar-refractivity contribution in [1.29, 1.82) is 0 Å². The lowest BCUT2D eigenvalue weighted by atomic mass is 10.1. The average Bonchev–Trinajstić information content (AvgIpc) is 2.45. The molecule has 112 valence electrons. The smallest absolute Gasteiger partial charge is 0.267 e. The van der Waals surface area contributed by atoms with Gasteiger partial charge in [-0.25, -0.2) is 13.2 Å². The fraction of sp³-hybridized carbons (Fsp3) is 0.250. The van der Waals surface area contributed by atoms with Gasteiger partial charge in [0.2, 0.25) is 0 Å². The third kappa shape index (κ3) is 3.48. The largest absolute Gasteiger partial charge is 0.488 e. The first-order valence-corrected chi connectivity index (χ1v) is 6.49. The highest BCUT2D eigenvalue weighted by molar-refractivity contribution is 5.51. The second kappa shape index (κ2) is 6.52. The molecule has 2 nitrogen and oxygen atoms in total. The number of hydrogen-bond donors (Lipinski definition) is 1. The summed E-state index contributed by atoms with van der Waals surface area (Å²) in [6.45, 7) is 1.66. The van der Waals surface area contributed by atoms with Crippen LogP contribution in [0.2, 0.25) is 0 Å². The maximum Gasteiger partial charge on any atom is 0.267 e. The molecule has 5 heteroatoms. The number of ether oxygens (including phenoxy) is 1. The van der Waals surface area contributed by atoms with E-state index in [1.807, 2.05) is 0 Å². The van der Waals surface area contributed by atoms with E-state index in [0.29, 0.717) is 11.3 Å². The lowest BCUT2D eigenvalue weighted by Crippen LogP contribution is -2.05. The van der Waals surface area contributed by atoms with E-state index < -0.39 is 12.2 Å². The highest BCUT2D eigenvalue weighted by Gasteiger charge is 2.15. The molecule has 21 heavy (non-hydrogen) atoms. The van der Waals surface area contributed by atoms with Crippen LogP contribution < -0.4 is 10.1 Å². The van der Waals surface area contributed by atoms with E-state index in [2.05, 4.69) is 5.32 Å². The van der Waals surface area contributed by atoms with Crippen LogP contribution in [0.3, 0.4) is 0 Å². The monoisotopic (exact) mass is 295 g/mol. The maximum absolute atomic E-state index is 13.8. The van der Waals surface area contributed by atoms with E-state index in [1.165, 1.54) is 18.2 Å². The Morgan fingerprint density at radius 2 is 1.95 bits per heavy atom. The van der Waals surface area contributed by atoms with Gasteiger partial charge in [-0.15, -0.1) is 0 Å². The zero-order valence-electron chi connectivity index (χ0n) is 11.8. The van der Waals surface area contributed by atoms with Crippen molar-refractivity contribution in [2.45, 2.75) is 20.0 Å². The molecule has 0 heterocycles. The Bertz CT molecular complexity index is 629. The van der Waals surface area contributed by atoms with Crippen molar-refractivity contribution in [3.05, 3.63) is 58.9 Å². The van der Waals surface area contributed by atoms with Gasteiger partial charge in [0.05, 0.1) is 5.56 Å². The number of benzene rings is 2. The molecule has 0 amide bonds. The van der Waals surface area contributed by atoms with Crippen molar-refractivity contribution in [3.8, 4) is 5.75 Å². The second-order valence-corrected chi connectivity index (χ2v) is 4.65. The molecule has 0 bridgehead atoms. The predicted octanol–water partition coefficient (Wildman–Crippen LogP) is 4.69. The average molecular weight is 295 g/mol. The zero-order chi connectivity index (χ0) is 15.4. The van der Waals surface area contributed by atoms with Crippen LogP contribution in [0.15, 0.2) is 36.4 Å². The Hall–Kier alpha value is -2.17. The van der Waals surface area contributed by atoms with E-state index in [1.54, 1.807) is 32.2 Å². The van der Waals surface area contributed by atoms with Crippen LogP contribution in [0, 0.1) is 12.7 Å². The molecule has 0 aliphatic heterocycles. The summed E-state index contributed by atoms with van der Waals surface area (Å²) in [6.07, 6.45) is -2.63. The Labute approximate surface area is 121 Å². The van der Waals surface area contributed by atoms with E-state index in [4.69, 9.17) is 4.74 Å². The molecule has 0 unspecified atom stereocenters. The number of nitrogens with one attached hydrogen (secondary N) is 1. The van der Waals surface area contributed by atoms with Crippen molar-refractivity contribution >= 4 is 5.69 Å². The number of anilines is 1. The third-order valence-electron chi connectivity index (χ3n) is 3.16. The highest BCUT2D eigenvalue weighted by Crippen LogP contribution is 2.31. The summed E-state index contributed by atoms with van der Waals surface area (Å²) < 4.78 is 45.1. The van der Waals surface area contributed by atoms with Crippen LogP contribution in [0.25, 0.3) is 0 Å². The van der Waals surface area contributed by atoms with Crippen molar-refractivity contribution in [3.63, 3.8) is 0 Å². The molecule has 1 N–H and O–H groups in total. The third-order valence-corrected chi connectivity index (χ3v) is 3.16. The quantitative estimate of drug-likeness (QED) is 0.864. The van der Waals surface area contributed by atoms with Gasteiger partial charge in [0.15, 0.2) is 0 Å². The van der Waals surface area contributed by atoms with Crippen LogP contribution in [-0.4, -0.2) is 7.05 Å².